The van der Waals surface area contributed by atoms with E-state index in [-0.39, 0.29) is 11.7 Å². The molecule has 1 atom stereocenters. The van der Waals surface area contributed by atoms with Crippen molar-refractivity contribution in [2.24, 2.45) is 16.8 Å². The van der Waals surface area contributed by atoms with Crippen LogP contribution in [-0.4, -0.2) is 23.5 Å². The number of hydrogen-bond donors (Lipinski definition) is 3. The van der Waals surface area contributed by atoms with Gasteiger partial charge in [-0.05, 0) is 24.8 Å². The van der Waals surface area contributed by atoms with Gasteiger partial charge in [0, 0.05) is 6.54 Å². The summed E-state index contributed by atoms with van der Waals surface area (Å²) < 4.78 is 0. The summed E-state index contributed by atoms with van der Waals surface area (Å²) in [5, 5.41) is 14.5. The Kier molecular flexibility index (Phi) is 7.17. The van der Waals surface area contributed by atoms with Gasteiger partial charge in [0.1, 0.15) is 0 Å². The van der Waals surface area contributed by atoms with Crippen molar-refractivity contribution in [3.8, 4) is 0 Å². The smallest absolute Gasteiger partial charge is 0.230 e. The predicted molar refractivity (Wildman–Crippen MR) is 79.6 cm³/mol. The van der Waals surface area contributed by atoms with Crippen LogP contribution < -0.4 is 11.1 Å². The van der Waals surface area contributed by atoms with Gasteiger partial charge >= 0.3 is 0 Å². The first-order valence-electron chi connectivity index (χ1n) is 6.98. The number of amidine groups is 1. The Balaban J connectivity index is 2.34. The molecule has 0 saturated heterocycles. The second kappa shape index (κ2) is 8.96. The number of benzene rings is 1. The topological polar surface area (TPSA) is 87.7 Å². The summed E-state index contributed by atoms with van der Waals surface area (Å²) in [4.78, 5) is 12.0. The SMILES string of the molecule is CCCC(C(=O)NCCCc1ccccc1)C(N)=NO. The van der Waals surface area contributed by atoms with Gasteiger partial charge in [-0.1, -0.05) is 48.8 Å². The molecule has 4 N–H and O–H groups in total. The molecule has 0 radical (unpaired) electrons. The highest BCUT2D eigenvalue weighted by Crippen LogP contribution is 2.07. The molecule has 5 heteroatoms. The fraction of sp³-hybridized carbons (Fsp3) is 0.467. The van der Waals surface area contributed by atoms with Gasteiger partial charge in [0.2, 0.25) is 5.91 Å². The number of aryl methyl sites for hydroxylation is 1. The van der Waals surface area contributed by atoms with Crippen molar-refractivity contribution in [1.29, 1.82) is 0 Å². The zero-order valence-electron chi connectivity index (χ0n) is 11.9. The molecule has 0 aromatic heterocycles. The van der Waals surface area contributed by atoms with E-state index in [1.807, 2.05) is 25.1 Å². The molecule has 0 bridgehead atoms. The van der Waals surface area contributed by atoms with Crippen molar-refractivity contribution in [1.82, 2.24) is 5.32 Å². The van der Waals surface area contributed by atoms with Crippen molar-refractivity contribution in [3.05, 3.63) is 35.9 Å². The molecule has 1 amide bonds. The van der Waals surface area contributed by atoms with Crippen LogP contribution in [0, 0.1) is 5.92 Å². The summed E-state index contributed by atoms with van der Waals surface area (Å²) in [6.45, 7) is 2.55. The summed E-state index contributed by atoms with van der Waals surface area (Å²) in [5.74, 6) is -0.732. The summed E-state index contributed by atoms with van der Waals surface area (Å²) in [6.07, 6.45) is 3.17. The molecule has 110 valence electrons. The molecule has 0 fully saturated rings. The van der Waals surface area contributed by atoms with E-state index in [9.17, 15) is 4.79 Å². The number of carbonyl (C=O) groups is 1. The van der Waals surface area contributed by atoms with Crippen molar-refractivity contribution >= 4 is 11.7 Å². The van der Waals surface area contributed by atoms with E-state index in [1.165, 1.54) is 5.56 Å². The number of nitrogens with two attached hydrogens (primary N) is 1. The number of carbonyl (C=O) groups excluding carboxylic acids is 1. The van der Waals surface area contributed by atoms with Gasteiger partial charge in [0.25, 0.3) is 0 Å². The molecule has 0 aliphatic heterocycles. The minimum Gasteiger partial charge on any atom is -0.409 e. The maximum absolute atomic E-state index is 12.0. The normalized spacial score (nSPS) is 12.9. The maximum atomic E-state index is 12.0. The van der Waals surface area contributed by atoms with Crippen LogP contribution in [0.25, 0.3) is 0 Å². The average Bonchev–Trinajstić information content (AvgIpc) is 2.49. The quantitative estimate of drug-likeness (QED) is 0.223. The summed E-state index contributed by atoms with van der Waals surface area (Å²) >= 11 is 0. The van der Waals surface area contributed by atoms with E-state index in [4.69, 9.17) is 10.9 Å². The third kappa shape index (κ3) is 5.30. The van der Waals surface area contributed by atoms with Crippen molar-refractivity contribution in [3.63, 3.8) is 0 Å². The van der Waals surface area contributed by atoms with E-state index in [0.717, 1.165) is 19.3 Å². The standard InChI is InChI=1S/C15H23N3O2/c1-2-7-13(14(16)18-20)15(19)17-11-6-10-12-8-4-3-5-9-12/h3-5,8-9,13,20H,2,6-7,10-11H2,1H3,(H2,16,18)(H,17,19). The molecule has 1 rings (SSSR count). The molecule has 0 saturated carbocycles. The third-order valence-corrected chi connectivity index (χ3v) is 3.15. The first-order chi connectivity index (χ1) is 9.69. The second-order valence-corrected chi connectivity index (χ2v) is 4.75. The van der Waals surface area contributed by atoms with Crippen molar-refractivity contribution in [2.45, 2.75) is 32.6 Å². The van der Waals surface area contributed by atoms with Crippen LogP contribution in [0.2, 0.25) is 0 Å². The van der Waals surface area contributed by atoms with E-state index in [1.54, 1.807) is 0 Å². The Bertz CT molecular complexity index is 432. The molecule has 0 aliphatic carbocycles. The van der Waals surface area contributed by atoms with Crippen LogP contribution >= 0.6 is 0 Å². The molecule has 0 heterocycles. The number of amides is 1. The second-order valence-electron chi connectivity index (χ2n) is 4.75. The average molecular weight is 277 g/mol. The third-order valence-electron chi connectivity index (χ3n) is 3.15. The minimum absolute atomic E-state index is 0.0209. The predicted octanol–water partition coefficient (Wildman–Crippen LogP) is 1.90. The van der Waals surface area contributed by atoms with Crippen LogP contribution in [0.4, 0.5) is 0 Å². The zero-order valence-corrected chi connectivity index (χ0v) is 11.9. The fourth-order valence-corrected chi connectivity index (χ4v) is 2.04. The minimum atomic E-state index is -0.540. The van der Waals surface area contributed by atoms with Crippen LogP contribution in [0.1, 0.15) is 31.7 Å². The molecule has 0 spiro atoms. The first-order valence-corrected chi connectivity index (χ1v) is 6.98. The summed E-state index contributed by atoms with van der Waals surface area (Å²) in [5.41, 5.74) is 6.79. The van der Waals surface area contributed by atoms with Crippen LogP contribution in [0.15, 0.2) is 35.5 Å². The molecule has 1 aromatic carbocycles. The molecule has 20 heavy (non-hydrogen) atoms. The van der Waals surface area contributed by atoms with Crippen LogP contribution in [0.5, 0.6) is 0 Å². The van der Waals surface area contributed by atoms with E-state index < -0.39 is 5.92 Å². The lowest BCUT2D eigenvalue weighted by Crippen LogP contribution is -2.39. The Labute approximate surface area is 119 Å². The number of hydrogen-bond acceptors (Lipinski definition) is 3. The van der Waals surface area contributed by atoms with Crippen LogP contribution in [-0.2, 0) is 11.2 Å². The maximum Gasteiger partial charge on any atom is 0.230 e. The van der Waals surface area contributed by atoms with Crippen molar-refractivity contribution < 1.29 is 10.0 Å². The van der Waals surface area contributed by atoms with E-state index in [2.05, 4.69) is 22.6 Å². The van der Waals surface area contributed by atoms with E-state index >= 15 is 0 Å². The molecular weight excluding hydrogens is 254 g/mol. The van der Waals surface area contributed by atoms with Crippen LogP contribution in [0.3, 0.4) is 0 Å². The number of nitrogens with zero attached hydrogens (tertiary/aromatic N) is 1. The number of rotatable bonds is 8. The Morgan fingerprint density at radius 1 is 1.40 bits per heavy atom. The highest BCUT2D eigenvalue weighted by molar-refractivity contribution is 6.01. The largest absolute Gasteiger partial charge is 0.409 e. The fourth-order valence-electron chi connectivity index (χ4n) is 2.04. The summed E-state index contributed by atoms with van der Waals surface area (Å²) in [7, 11) is 0. The highest BCUT2D eigenvalue weighted by atomic mass is 16.4. The lowest BCUT2D eigenvalue weighted by Gasteiger charge is -2.14. The molecule has 0 aliphatic rings. The monoisotopic (exact) mass is 277 g/mol. The van der Waals surface area contributed by atoms with E-state index in [0.29, 0.717) is 13.0 Å². The highest BCUT2D eigenvalue weighted by Gasteiger charge is 2.21. The van der Waals surface area contributed by atoms with Gasteiger partial charge in [-0.3, -0.25) is 4.79 Å². The van der Waals surface area contributed by atoms with Gasteiger partial charge in [-0.2, -0.15) is 0 Å². The van der Waals surface area contributed by atoms with Gasteiger partial charge in [0.15, 0.2) is 5.84 Å². The number of oxime groups is 1. The lowest BCUT2D eigenvalue weighted by molar-refractivity contribution is -0.123. The molecule has 5 nitrogen and oxygen atoms in total. The molecular formula is C15H23N3O2. The van der Waals surface area contributed by atoms with Gasteiger partial charge in [0.05, 0.1) is 5.92 Å². The molecule has 1 unspecified atom stereocenters. The Morgan fingerprint density at radius 2 is 2.10 bits per heavy atom. The van der Waals surface area contributed by atoms with Crippen molar-refractivity contribution in [2.75, 3.05) is 6.54 Å². The number of nitrogens with one attached hydrogen (secondary N) is 1. The first kappa shape index (κ1) is 16.0. The zero-order chi connectivity index (χ0) is 14.8. The van der Waals surface area contributed by atoms with Gasteiger partial charge in [-0.15, -0.1) is 0 Å². The Hall–Kier alpha value is -2.04. The summed E-state index contributed by atoms with van der Waals surface area (Å²) in [6, 6.07) is 10.1. The van der Waals surface area contributed by atoms with Gasteiger partial charge in [-0.25, -0.2) is 0 Å². The molecule has 1 aromatic rings. The lowest BCUT2D eigenvalue weighted by atomic mass is 10.0. The van der Waals surface area contributed by atoms with Gasteiger partial charge < -0.3 is 16.3 Å². The Morgan fingerprint density at radius 3 is 2.70 bits per heavy atom.